The van der Waals surface area contributed by atoms with Crippen LogP contribution in [0.1, 0.15) is 17.3 Å². The van der Waals surface area contributed by atoms with E-state index in [0.29, 0.717) is 0 Å². The van der Waals surface area contributed by atoms with Crippen molar-refractivity contribution in [3.63, 3.8) is 0 Å². The highest BCUT2D eigenvalue weighted by Crippen LogP contribution is 2.44. The predicted octanol–water partition coefficient (Wildman–Crippen LogP) is 5.04. The molecule has 1 aliphatic heterocycles. The molecule has 0 radical (unpaired) electrons. The van der Waals surface area contributed by atoms with Crippen LogP contribution in [-0.4, -0.2) is 5.78 Å². The highest BCUT2D eigenvalue weighted by Gasteiger charge is 2.37. The number of carbonyl (C=O) groups excluding carboxylic acids is 1. The van der Waals surface area contributed by atoms with Crippen LogP contribution in [0.4, 0.5) is 11.4 Å². The molecule has 0 spiro atoms. The van der Waals surface area contributed by atoms with E-state index in [1.54, 1.807) is 6.92 Å². The summed E-state index contributed by atoms with van der Waals surface area (Å²) in [6, 6.07) is 24.9. The van der Waals surface area contributed by atoms with E-state index < -0.39 is 0 Å². The van der Waals surface area contributed by atoms with Gasteiger partial charge in [-0.15, -0.1) is 0 Å². The van der Waals surface area contributed by atoms with Gasteiger partial charge in [-0.3, -0.25) is 4.79 Å². The van der Waals surface area contributed by atoms with Gasteiger partial charge in [0.2, 0.25) is 0 Å². The first-order chi connectivity index (χ1) is 11.2. The third-order valence-corrected chi connectivity index (χ3v) is 6.30. The summed E-state index contributed by atoms with van der Waals surface area (Å²) in [5, 5.41) is 3.49. The number of benzene rings is 3. The minimum atomic E-state index is -0.153. The lowest BCUT2D eigenvalue weighted by atomic mass is 10.1. The van der Waals surface area contributed by atoms with Gasteiger partial charge in [-0.05, 0) is 49.4 Å². The first kappa shape index (κ1) is 14.1. The Labute approximate surface area is 138 Å². The average Bonchev–Trinajstić information content (AvgIpc) is 2.59. The van der Waals surface area contributed by atoms with E-state index in [0.717, 1.165) is 16.9 Å². The van der Waals surface area contributed by atoms with Crippen LogP contribution in [0.5, 0.6) is 0 Å². The summed E-state index contributed by atoms with van der Waals surface area (Å²) in [5.41, 5.74) is 2.89. The zero-order chi connectivity index (χ0) is 15.8. The monoisotopic (exact) mass is 318 g/mol. The number of para-hydroxylation sites is 1. The molecule has 4 rings (SSSR count). The second-order valence-corrected chi connectivity index (χ2v) is 7.47. The first-order valence-electron chi connectivity index (χ1n) is 7.54. The Kier molecular flexibility index (Phi) is 3.43. The largest absolute Gasteiger partial charge is 0.347 e. The normalized spacial score (nSPS) is 15.3. The number of nitrogens with one attached hydrogen (secondary N) is 1. The fourth-order valence-electron chi connectivity index (χ4n) is 2.85. The van der Waals surface area contributed by atoms with Crippen molar-refractivity contribution in [3.8, 4) is 0 Å². The van der Waals surface area contributed by atoms with Crippen molar-refractivity contribution in [3.05, 3.63) is 78.4 Å². The molecule has 0 aromatic heterocycles. The van der Waals surface area contributed by atoms with E-state index in [1.807, 2.05) is 24.3 Å². The molecule has 3 aromatic rings. The zero-order valence-electron chi connectivity index (χ0n) is 12.7. The highest BCUT2D eigenvalue weighted by atomic mass is 32.2. The van der Waals surface area contributed by atoms with Gasteiger partial charge in [0, 0.05) is 5.56 Å². The summed E-state index contributed by atoms with van der Waals surface area (Å²) < 4.78 is 0. The molecule has 1 aliphatic rings. The summed E-state index contributed by atoms with van der Waals surface area (Å²) >= 11 is 0. The first-order valence-corrected chi connectivity index (χ1v) is 8.77. The molecule has 2 nitrogen and oxygen atoms in total. The standard InChI is InChI=1S/C20H16NOS/c1-14(22)15-11-12-20-18(13-15)21-17-9-5-6-10-19(17)23(20)16-7-3-2-4-8-16/h2-13,21H,1H3/q+1. The van der Waals surface area contributed by atoms with Gasteiger partial charge in [-0.25, -0.2) is 0 Å². The Hall–Kier alpha value is -2.52. The van der Waals surface area contributed by atoms with E-state index >= 15 is 0 Å². The molecular formula is C20H16NOS+. The van der Waals surface area contributed by atoms with Crippen molar-refractivity contribution in [1.29, 1.82) is 0 Å². The van der Waals surface area contributed by atoms with E-state index in [4.69, 9.17) is 0 Å². The summed E-state index contributed by atoms with van der Waals surface area (Å²) in [5.74, 6) is 0.0908. The molecule has 3 aromatic carbocycles. The van der Waals surface area contributed by atoms with Gasteiger partial charge in [0.05, 0.1) is 11.4 Å². The summed E-state index contributed by atoms with van der Waals surface area (Å²) in [6.07, 6.45) is 0. The van der Waals surface area contributed by atoms with E-state index in [-0.39, 0.29) is 16.7 Å². The van der Waals surface area contributed by atoms with Crippen LogP contribution in [0.25, 0.3) is 0 Å². The van der Waals surface area contributed by atoms with Crippen molar-refractivity contribution in [2.45, 2.75) is 21.6 Å². The minimum Gasteiger partial charge on any atom is -0.347 e. The molecule has 112 valence electrons. The second kappa shape index (κ2) is 5.60. The van der Waals surface area contributed by atoms with Crippen LogP contribution < -0.4 is 5.32 Å². The Morgan fingerprint density at radius 3 is 2.30 bits per heavy atom. The number of fused-ring (bicyclic) bond motifs is 2. The molecule has 1 heterocycles. The van der Waals surface area contributed by atoms with Crippen LogP contribution in [0, 0.1) is 0 Å². The van der Waals surface area contributed by atoms with Gasteiger partial charge < -0.3 is 5.32 Å². The Balaban J connectivity index is 1.94. The van der Waals surface area contributed by atoms with Crippen LogP contribution >= 0.6 is 0 Å². The van der Waals surface area contributed by atoms with Crippen molar-refractivity contribution < 1.29 is 4.79 Å². The number of hydrogen-bond acceptors (Lipinski definition) is 2. The molecular weight excluding hydrogens is 302 g/mol. The fraction of sp³-hybridized carbons (Fsp3) is 0.0500. The molecule has 1 atom stereocenters. The van der Waals surface area contributed by atoms with Gasteiger partial charge in [0.1, 0.15) is 10.9 Å². The quantitative estimate of drug-likeness (QED) is 0.414. The zero-order valence-corrected chi connectivity index (χ0v) is 13.6. The summed E-state index contributed by atoms with van der Waals surface area (Å²) in [6.45, 7) is 1.61. The van der Waals surface area contributed by atoms with E-state index in [1.165, 1.54) is 14.7 Å². The molecule has 3 heteroatoms. The topological polar surface area (TPSA) is 29.1 Å². The van der Waals surface area contributed by atoms with Crippen molar-refractivity contribution in [2.24, 2.45) is 0 Å². The molecule has 23 heavy (non-hydrogen) atoms. The average molecular weight is 318 g/mol. The number of rotatable bonds is 2. The molecule has 0 fully saturated rings. The second-order valence-electron chi connectivity index (χ2n) is 5.51. The third kappa shape index (κ3) is 2.43. The number of hydrogen-bond donors (Lipinski definition) is 1. The molecule has 0 aliphatic carbocycles. The predicted molar refractivity (Wildman–Crippen MR) is 94.8 cm³/mol. The molecule has 1 unspecified atom stereocenters. The van der Waals surface area contributed by atoms with E-state index in [9.17, 15) is 4.79 Å². The van der Waals surface area contributed by atoms with Crippen molar-refractivity contribution in [1.82, 2.24) is 0 Å². The number of ketones is 1. The maximum Gasteiger partial charge on any atom is 0.190 e. The fourth-order valence-corrected chi connectivity index (χ4v) is 5.11. The number of anilines is 2. The van der Waals surface area contributed by atoms with Crippen LogP contribution in [0.3, 0.4) is 0 Å². The lowest BCUT2D eigenvalue weighted by molar-refractivity contribution is 0.101. The third-order valence-electron chi connectivity index (χ3n) is 3.96. The van der Waals surface area contributed by atoms with Crippen LogP contribution in [0.2, 0.25) is 0 Å². The van der Waals surface area contributed by atoms with Gasteiger partial charge in [0.25, 0.3) is 0 Å². The SMILES string of the molecule is CC(=O)c1ccc2c(c1)Nc1ccccc1[S+]2c1ccccc1. The summed E-state index contributed by atoms with van der Waals surface area (Å²) in [4.78, 5) is 15.5. The molecule has 0 saturated carbocycles. The van der Waals surface area contributed by atoms with Crippen molar-refractivity contribution >= 4 is 28.1 Å². The maximum absolute atomic E-state index is 11.7. The van der Waals surface area contributed by atoms with Crippen molar-refractivity contribution in [2.75, 3.05) is 5.32 Å². The Morgan fingerprint density at radius 1 is 0.826 bits per heavy atom. The van der Waals surface area contributed by atoms with E-state index in [2.05, 4.69) is 53.8 Å². The lowest BCUT2D eigenvalue weighted by Crippen LogP contribution is -2.15. The lowest BCUT2D eigenvalue weighted by Gasteiger charge is -2.21. The van der Waals surface area contributed by atoms with Gasteiger partial charge in [-0.2, -0.15) is 0 Å². The number of Topliss-reactive ketones (excluding diaryl/α,β-unsaturated/α-hetero) is 1. The molecule has 0 bridgehead atoms. The summed E-state index contributed by atoms with van der Waals surface area (Å²) in [7, 11) is -0.153. The minimum absolute atomic E-state index is 0.0908. The van der Waals surface area contributed by atoms with Crippen LogP contribution in [0.15, 0.2) is 87.5 Å². The molecule has 0 amide bonds. The highest BCUT2D eigenvalue weighted by molar-refractivity contribution is 7.97. The van der Waals surface area contributed by atoms with Gasteiger partial charge >= 0.3 is 0 Å². The number of carbonyl (C=O) groups is 1. The molecule has 0 saturated heterocycles. The maximum atomic E-state index is 11.7. The Bertz CT molecular complexity index is 889. The molecule has 1 N–H and O–H groups in total. The van der Waals surface area contributed by atoms with Gasteiger partial charge in [0.15, 0.2) is 20.5 Å². The van der Waals surface area contributed by atoms with Crippen LogP contribution in [-0.2, 0) is 10.9 Å². The Morgan fingerprint density at radius 2 is 1.52 bits per heavy atom. The smallest absolute Gasteiger partial charge is 0.190 e. The van der Waals surface area contributed by atoms with Gasteiger partial charge in [-0.1, -0.05) is 30.3 Å².